The lowest BCUT2D eigenvalue weighted by atomic mass is 10.2. The minimum Gasteiger partial charge on any atom is -0.469 e. The van der Waals surface area contributed by atoms with Gasteiger partial charge in [-0.1, -0.05) is 42.1 Å². The zero-order valence-corrected chi connectivity index (χ0v) is 17.6. The quantitative estimate of drug-likeness (QED) is 0.548. The summed E-state index contributed by atoms with van der Waals surface area (Å²) in [7, 11) is 0. The number of thioether (sulfide) groups is 1. The van der Waals surface area contributed by atoms with E-state index < -0.39 is 0 Å². The molecule has 1 aliphatic rings. The average molecular weight is 429 g/mol. The van der Waals surface area contributed by atoms with Crippen LogP contribution in [0.4, 0.5) is 0 Å². The fraction of sp³-hybridized carbons (Fsp3) is 0.381. The standard InChI is InChI=1S/C21H24N4O4S/c1-15-18(7-9-27-15)20-23-24-21(29-20)30-14-19(26)22-11-17-13-25(8-10-28-17)12-16-5-3-2-4-6-16/h2-7,9,17H,8,10-14H2,1H3,(H,22,26). The van der Waals surface area contributed by atoms with E-state index >= 15 is 0 Å². The molecule has 0 aliphatic carbocycles. The number of ether oxygens (including phenoxy) is 1. The third kappa shape index (κ3) is 5.50. The van der Waals surface area contributed by atoms with E-state index in [-0.39, 0.29) is 17.8 Å². The van der Waals surface area contributed by atoms with E-state index in [1.54, 1.807) is 12.3 Å². The van der Waals surface area contributed by atoms with Crippen molar-refractivity contribution in [1.29, 1.82) is 0 Å². The van der Waals surface area contributed by atoms with Gasteiger partial charge in [0, 0.05) is 26.2 Å². The number of benzene rings is 1. The highest BCUT2D eigenvalue weighted by atomic mass is 32.2. The summed E-state index contributed by atoms with van der Waals surface area (Å²) in [6.07, 6.45) is 1.55. The summed E-state index contributed by atoms with van der Waals surface area (Å²) in [4.78, 5) is 14.6. The Morgan fingerprint density at radius 1 is 1.27 bits per heavy atom. The second kappa shape index (κ2) is 9.92. The van der Waals surface area contributed by atoms with E-state index in [4.69, 9.17) is 13.6 Å². The van der Waals surface area contributed by atoms with Crippen molar-refractivity contribution in [2.75, 3.05) is 32.0 Å². The Morgan fingerprint density at radius 3 is 2.93 bits per heavy atom. The van der Waals surface area contributed by atoms with Crippen LogP contribution in [0, 0.1) is 6.92 Å². The van der Waals surface area contributed by atoms with Crippen LogP contribution < -0.4 is 5.32 Å². The lowest BCUT2D eigenvalue weighted by Crippen LogP contribution is -2.47. The van der Waals surface area contributed by atoms with Crippen LogP contribution in [0.1, 0.15) is 11.3 Å². The fourth-order valence-electron chi connectivity index (χ4n) is 3.28. The SMILES string of the molecule is Cc1occc1-c1nnc(SCC(=O)NCC2CN(Cc3ccccc3)CCO2)o1. The second-order valence-electron chi connectivity index (χ2n) is 7.07. The molecular formula is C21H24N4O4S. The molecule has 30 heavy (non-hydrogen) atoms. The molecule has 158 valence electrons. The molecule has 0 saturated carbocycles. The number of morpholine rings is 1. The Hall–Kier alpha value is -2.62. The second-order valence-corrected chi connectivity index (χ2v) is 8.00. The number of carbonyl (C=O) groups excluding carboxylic acids is 1. The van der Waals surface area contributed by atoms with Crippen LogP contribution in [0.3, 0.4) is 0 Å². The molecule has 1 unspecified atom stereocenters. The summed E-state index contributed by atoms with van der Waals surface area (Å²) >= 11 is 1.21. The summed E-state index contributed by atoms with van der Waals surface area (Å²) in [6.45, 7) is 5.55. The molecule has 1 fully saturated rings. The topological polar surface area (TPSA) is 93.6 Å². The first-order chi connectivity index (χ1) is 14.7. The van der Waals surface area contributed by atoms with Crippen molar-refractivity contribution in [3.05, 3.63) is 54.0 Å². The van der Waals surface area contributed by atoms with E-state index in [1.165, 1.54) is 17.3 Å². The van der Waals surface area contributed by atoms with Crippen molar-refractivity contribution in [3.63, 3.8) is 0 Å². The molecule has 3 aromatic rings. The Labute approximate surface area is 179 Å². The van der Waals surface area contributed by atoms with E-state index in [1.807, 2.05) is 25.1 Å². The molecule has 1 N–H and O–H groups in total. The van der Waals surface area contributed by atoms with Gasteiger partial charge in [-0.05, 0) is 18.6 Å². The number of hydrogen-bond acceptors (Lipinski definition) is 8. The molecule has 0 spiro atoms. The maximum Gasteiger partial charge on any atom is 0.277 e. The number of aromatic nitrogens is 2. The van der Waals surface area contributed by atoms with Crippen LogP contribution >= 0.6 is 11.8 Å². The molecule has 9 heteroatoms. The van der Waals surface area contributed by atoms with Crippen LogP contribution in [-0.4, -0.2) is 59.1 Å². The molecule has 2 aromatic heterocycles. The first-order valence-corrected chi connectivity index (χ1v) is 10.8. The van der Waals surface area contributed by atoms with Gasteiger partial charge in [0.1, 0.15) is 5.76 Å². The minimum absolute atomic E-state index is 0.0181. The molecule has 0 bridgehead atoms. The van der Waals surface area contributed by atoms with Crippen LogP contribution in [0.2, 0.25) is 0 Å². The Kier molecular flexibility index (Phi) is 6.83. The summed E-state index contributed by atoms with van der Waals surface area (Å²) in [5, 5.41) is 11.3. The number of nitrogens with zero attached hydrogens (tertiary/aromatic N) is 3. The molecule has 3 heterocycles. The lowest BCUT2D eigenvalue weighted by molar-refractivity contribution is -0.119. The molecule has 8 nitrogen and oxygen atoms in total. The Morgan fingerprint density at radius 2 is 2.13 bits per heavy atom. The number of carbonyl (C=O) groups is 1. The highest BCUT2D eigenvalue weighted by Crippen LogP contribution is 2.26. The minimum atomic E-state index is -0.0944. The summed E-state index contributed by atoms with van der Waals surface area (Å²) < 4.78 is 16.6. The highest BCUT2D eigenvalue weighted by molar-refractivity contribution is 7.99. The van der Waals surface area contributed by atoms with Gasteiger partial charge in [0.2, 0.25) is 5.91 Å². The van der Waals surface area contributed by atoms with Crippen molar-refractivity contribution in [3.8, 4) is 11.5 Å². The van der Waals surface area contributed by atoms with Crippen LogP contribution in [0.5, 0.6) is 0 Å². The largest absolute Gasteiger partial charge is 0.469 e. The number of amides is 1. The van der Waals surface area contributed by atoms with Crippen molar-refractivity contribution >= 4 is 17.7 Å². The Balaban J connectivity index is 1.19. The van der Waals surface area contributed by atoms with Crippen molar-refractivity contribution in [1.82, 2.24) is 20.4 Å². The fourth-order valence-corrected chi connectivity index (χ4v) is 3.87. The molecule has 1 aromatic carbocycles. The number of rotatable bonds is 8. The predicted molar refractivity (Wildman–Crippen MR) is 112 cm³/mol. The average Bonchev–Trinajstić information content (AvgIpc) is 3.40. The van der Waals surface area contributed by atoms with Gasteiger partial charge in [0.15, 0.2) is 0 Å². The highest BCUT2D eigenvalue weighted by Gasteiger charge is 2.21. The normalized spacial score (nSPS) is 17.2. The predicted octanol–water partition coefficient (Wildman–Crippen LogP) is 2.75. The third-order valence-corrected chi connectivity index (χ3v) is 5.64. The van der Waals surface area contributed by atoms with Gasteiger partial charge < -0.3 is 18.9 Å². The number of furan rings is 1. The summed E-state index contributed by atoms with van der Waals surface area (Å²) in [6, 6.07) is 12.1. The van der Waals surface area contributed by atoms with Crippen LogP contribution in [0.25, 0.3) is 11.5 Å². The van der Waals surface area contributed by atoms with Gasteiger partial charge in [-0.15, -0.1) is 10.2 Å². The van der Waals surface area contributed by atoms with E-state index in [0.29, 0.717) is 30.0 Å². The first-order valence-electron chi connectivity index (χ1n) is 9.83. The van der Waals surface area contributed by atoms with Crippen molar-refractivity contribution in [2.45, 2.75) is 24.8 Å². The van der Waals surface area contributed by atoms with E-state index in [9.17, 15) is 4.79 Å². The zero-order chi connectivity index (χ0) is 20.8. The van der Waals surface area contributed by atoms with Crippen molar-refractivity contribution < 1.29 is 18.4 Å². The molecule has 0 radical (unpaired) electrons. The van der Waals surface area contributed by atoms with Crippen LogP contribution in [-0.2, 0) is 16.1 Å². The zero-order valence-electron chi connectivity index (χ0n) is 16.7. The maximum atomic E-state index is 12.2. The molecule has 1 saturated heterocycles. The molecule has 1 amide bonds. The first kappa shape index (κ1) is 20.6. The smallest absolute Gasteiger partial charge is 0.277 e. The van der Waals surface area contributed by atoms with Gasteiger partial charge in [-0.3, -0.25) is 9.69 Å². The van der Waals surface area contributed by atoms with Gasteiger partial charge >= 0.3 is 0 Å². The Bertz CT molecular complexity index is 959. The van der Waals surface area contributed by atoms with Gasteiger partial charge in [-0.25, -0.2) is 0 Å². The van der Waals surface area contributed by atoms with Gasteiger partial charge in [0.25, 0.3) is 11.1 Å². The molecular weight excluding hydrogens is 404 g/mol. The van der Waals surface area contributed by atoms with Gasteiger partial charge in [-0.2, -0.15) is 0 Å². The van der Waals surface area contributed by atoms with E-state index in [2.05, 4.69) is 32.5 Å². The van der Waals surface area contributed by atoms with Crippen LogP contribution in [0.15, 0.2) is 56.7 Å². The summed E-state index contributed by atoms with van der Waals surface area (Å²) in [5.74, 6) is 1.20. The monoisotopic (exact) mass is 428 g/mol. The van der Waals surface area contributed by atoms with Gasteiger partial charge in [0.05, 0.1) is 30.3 Å². The number of aryl methyl sites for hydroxylation is 1. The summed E-state index contributed by atoms with van der Waals surface area (Å²) in [5.41, 5.74) is 2.04. The number of nitrogens with one attached hydrogen (secondary N) is 1. The lowest BCUT2D eigenvalue weighted by Gasteiger charge is -2.33. The van der Waals surface area contributed by atoms with E-state index in [0.717, 1.165) is 25.2 Å². The molecule has 4 rings (SSSR count). The maximum absolute atomic E-state index is 12.2. The third-order valence-electron chi connectivity index (χ3n) is 4.82. The van der Waals surface area contributed by atoms with Crippen molar-refractivity contribution in [2.24, 2.45) is 0 Å². The number of hydrogen-bond donors (Lipinski definition) is 1. The molecule has 1 aliphatic heterocycles. The molecule has 1 atom stereocenters.